The summed E-state index contributed by atoms with van der Waals surface area (Å²) in [6.07, 6.45) is 2.71. The van der Waals surface area contributed by atoms with Crippen LogP contribution in [0.25, 0.3) is 0 Å². The quantitative estimate of drug-likeness (QED) is 0.688. The Morgan fingerprint density at radius 1 is 1.53 bits per heavy atom. The van der Waals surface area contributed by atoms with Crippen LogP contribution >= 0.6 is 0 Å². The van der Waals surface area contributed by atoms with Gasteiger partial charge in [-0.25, -0.2) is 0 Å². The topological polar surface area (TPSA) is 66.6 Å². The summed E-state index contributed by atoms with van der Waals surface area (Å²) < 4.78 is 0. The van der Waals surface area contributed by atoms with E-state index >= 15 is 0 Å². The van der Waals surface area contributed by atoms with Crippen molar-refractivity contribution in [3.63, 3.8) is 0 Å². The molecule has 0 aliphatic rings. The molecule has 0 rings (SSSR count). The molecule has 4 heteroatoms. The average Bonchev–Trinajstić information content (AvgIpc) is 2.10. The van der Waals surface area contributed by atoms with Crippen LogP contribution in [0.1, 0.15) is 40.0 Å². The molecular formula is C11H24N2O2. The lowest BCUT2D eigenvalue weighted by molar-refractivity contribution is -0.134. The van der Waals surface area contributed by atoms with Gasteiger partial charge in [-0.3, -0.25) is 4.79 Å². The van der Waals surface area contributed by atoms with Crippen LogP contribution in [0.4, 0.5) is 0 Å². The number of carbonyl (C=O) groups is 1. The Labute approximate surface area is 92.4 Å². The first-order valence-corrected chi connectivity index (χ1v) is 5.51. The van der Waals surface area contributed by atoms with Gasteiger partial charge in [0.25, 0.3) is 0 Å². The average molecular weight is 216 g/mol. The van der Waals surface area contributed by atoms with Gasteiger partial charge in [-0.2, -0.15) is 0 Å². The zero-order valence-corrected chi connectivity index (χ0v) is 10.3. The van der Waals surface area contributed by atoms with Gasteiger partial charge in [0.05, 0.1) is 11.6 Å². The van der Waals surface area contributed by atoms with E-state index in [1.165, 1.54) is 4.90 Å². The van der Waals surface area contributed by atoms with Crippen molar-refractivity contribution in [3.05, 3.63) is 0 Å². The number of nitrogens with zero attached hydrogens (tertiary/aromatic N) is 1. The van der Waals surface area contributed by atoms with Crippen molar-refractivity contribution < 1.29 is 9.90 Å². The van der Waals surface area contributed by atoms with Gasteiger partial charge in [0.1, 0.15) is 0 Å². The van der Waals surface area contributed by atoms with Crippen LogP contribution < -0.4 is 5.73 Å². The summed E-state index contributed by atoms with van der Waals surface area (Å²) in [4.78, 5) is 13.2. The number of aliphatic hydroxyl groups is 1. The second kappa shape index (κ2) is 6.08. The lowest BCUT2D eigenvalue weighted by atomic mass is 10.1. The molecule has 3 N–H and O–H groups in total. The van der Waals surface area contributed by atoms with Crippen LogP contribution in [0.15, 0.2) is 0 Å². The monoisotopic (exact) mass is 216 g/mol. The summed E-state index contributed by atoms with van der Waals surface area (Å²) in [5.74, 6) is -0.0921. The molecule has 1 atom stereocenters. The molecule has 0 fully saturated rings. The fourth-order valence-corrected chi connectivity index (χ4v) is 1.49. The molecule has 0 radical (unpaired) electrons. The van der Waals surface area contributed by atoms with E-state index in [2.05, 4.69) is 6.92 Å². The summed E-state index contributed by atoms with van der Waals surface area (Å²) in [5, 5.41) is 9.56. The molecule has 0 saturated carbocycles. The van der Waals surface area contributed by atoms with Gasteiger partial charge >= 0.3 is 0 Å². The third kappa shape index (κ3) is 6.47. The fourth-order valence-electron chi connectivity index (χ4n) is 1.49. The number of hydrogen-bond acceptors (Lipinski definition) is 3. The third-order valence-electron chi connectivity index (χ3n) is 2.19. The molecule has 0 aromatic rings. The second-order valence-electron chi connectivity index (χ2n) is 4.76. The molecule has 0 spiro atoms. The van der Waals surface area contributed by atoms with E-state index in [0.29, 0.717) is 13.0 Å². The Balaban J connectivity index is 4.08. The maximum absolute atomic E-state index is 11.7. The molecule has 0 aromatic carbocycles. The van der Waals surface area contributed by atoms with E-state index in [1.807, 2.05) is 0 Å². The normalized spacial score (nSPS) is 13.7. The van der Waals surface area contributed by atoms with Gasteiger partial charge < -0.3 is 15.7 Å². The summed E-state index contributed by atoms with van der Waals surface area (Å²) >= 11 is 0. The number of unbranched alkanes of at least 4 members (excludes halogenated alkanes) is 1. The van der Waals surface area contributed by atoms with E-state index in [9.17, 15) is 9.90 Å². The van der Waals surface area contributed by atoms with E-state index in [4.69, 9.17) is 5.73 Å². The second-order valence-corrected chi connectivity index (χ2v) is 4.76. The molecule has 0 bridgehead atoms. The van der Waals surface area contributed by atoms with Crippen molar-refractivity contribution in [2.75, 3.05) is 13.6 Å². The van der Waals surface area contributed by atoms with Crippen molar-refractivity contribution >= 4 is 5.91 Å². The smallest absolute Gasteiger partial charge is 0.239 e. The molecule has 0 aliphatic heterocycles. The van der Waals surface area contributed by atoms with Gasteiger partial charge in [0, 0.05) is 13.6 Å². The number of rotatable bonds is 6. The van der Waals surface area contributed by atoms with Crippen molar-refractivity contribution in [1.82, 2.24) is 4.90 Å². The van der Waals surface area contributed by atoms with Crippen molar-refractivity contribution in [1.29, 1.82) is 0 Å². The minimum atomic E-state index is -0.866. The van der Waals surface area contributed by atoms with Gasteiger partial charge in [0.2, 0.25) is 5.91 Å². The van der Waals surface area contributed by atoms with Crippen molar-refractivity contribution in [2.24, 2.45) is 5.73 Å². The lowest BCUT2D eigenvalue weighted by Gasteiger charge is -2.27. The largest absolute Gasteiger partial charge is 0.389 e. The Kier molecular flexibility index (Phi) is 5.83. The highest BCUT2D eigenvalue weighted by Crippen LogP contribution is 2.06. The van der Waals surface area contributed by atoms with Gasteiger partial charge in [-0.15, -0.1) is 0 Å². The first kappa shape index (κ1) is 14.4. The van der Waals surface area contributed by atoms with Crippen LogP contribution in [0.3, 0.4) is 0 Å². The van der Waals surface area contributed by atoms with Gasteiger partial charge in [0.15, 0.2) is 0 Å². The summed E-state index contributed by atoms with van der Waals surface area (Å²) in [6.45, 7) is 5.73. The first-order chi connectivity index (χ1) is 6.78. The van der Waals surface area contributed by atoms with Crippen LogP contribution in [0.2, 0.25) is 0 Å². The third-order valence-corrected chi connectivity index (χ3v) is 2.19. The highest BCUT2D eigenvalue weighted by Gasteiger charge is 2.22. The molecule has 90 valence electrons. The number of likely N-dealkylation sites (N-methyl/N-ethyl adjacent to an activating group) is 1. The van der Waals surface area contributed by atoms with E-state index in [1.54, 1.807) is 20.9 Å². The maximum atomic E-state index is 11.7. The number of nitrogens with two attached hydrogens (primary N) is 1. The van der Waals surface area contributed by atoms with Crippen molar-refractivity contribution in [2.45, 2.75) is 51.7 Å². The molecule has 0 aromatic heterocycles. The molecule has 1 unspecified atom stereocenters. The Hall–Kier alpha value is -0.610. The van der Waals surface area contributed by atoms with Gasteiger partial charge in [-0.1, -0.05) is 19.8 Å². The Morgan fingerprint density at radius 2 is 2.07 bits per heavy atom. The zero-order valence-electron chi connectivity index (χ0n) is 10.3. The summed E-state index contributed by atoms with van der Waals surface area (Å²) in [6, 6.07) is -0.433. The maximum Gasteiger partial charge on any atom is 0.239 e. The first-order valence-electron chi connectivity index (χ1n) is 5.51. The van der Waals surface area contributed by atoms with Crippen molar-refractivity contribution in [3.8, 4) is 0 Å². The van der Waals surface area contributed by atoms with Gasteiger partial charge in [-0.05, 0) is 20.3 Å². The van der Waals surface area contributed by atoms with Crippen LogP contribution in [-0.4, -0.2) is 41.1 Å². The number of carbonyl (C=O) groups excluding carboxylic acids is 1. The van der Waals surface area contributed by atoms with E-state index in [-0.39, 0.29) is 5.91 Å². The van der Waals surface area contributed by atoms with Crippen LogP contribution in [0.5, 0.6) is 0 Å². The predicted molar refractivity (Wildman–Crippen MR) is 61.4 cm³/mol. The molecule has 0 heterocycles. The number of hydrogen-bond donors (Lipinski definition) is 2. The molecular weight excluding hydrogens is 192 g/mol. The highest BCUT2D eigenvalue weighted by atomic mass is 16.3. The zero-order chi connectivity index (χ0) is 12.1. The summed E-state index contributed by atoms with van der Waals surface area (Å²) in [7, 11) is 1.67. The number of amides is 1. The molecule has 1 amide bonds. The predicted octanol–water partition coefficient (Wildman–Crippen LogP) is 0.733. The molecule has 0 saturated heterocycles. The minimum Gasteiger partial charge on any atom is -0.389 e. The molecule has 0 aliphatic carbocycles. The van der Waals surface area contributed by atoms with Crippen LogP contribution in [-0.2, 0) is 4.79 Å². The lowest BCUT2D eigenvalue weighted by Crippen LogP contribution is -2.47. The Bertz CT molecular complexity index is 199. The molecule has 15 heavy (non-hydrogen) atoms. The highest BCUT2D eigenvalue weighted by molar-refractivity contribution is 5.81. The minimum absolute atomic E-state index is 0.0921. The van der Waals surface area contributed by atoms with E-state index < -0.39 is 11.6 Å². The van der Waals surface area contributed by atoms with Crippen LogP contribution in [0, 0.1) is 0 Å². The SMILES string of the molecule is CCCCC(N)C(=O)N(C)CC(C)(C)O. The standard InChI is InChI=1S/C11H24N2O2/c1-5-6-7-9(12)10(14)13(4)8-11(2,3)15/h9,15H,5-8,12H2,1-4H3. The fraction of sp³-hybridized carbons (Fsp3) is 0.909. The van der Waals surface area contributed by atoms with E-state index in [0.717, 1.165) is 12.8 Å². The molecule has 4 nitrogen and oxygen atoms in total. The summed E-state index contributed by atoms with van der Waals surface area (Å²) in [5.41, 5.74) is 4.88. The Morgan fingerprint density at radius 3 is 2.47 bits per heavy atom.